The van der Waals surface area contributed by atoms with Crippen molar-refractivity contribution in [1.29, 1.82) is 0 Å². The van der Waals surface area contributed by atoms with E-state index in [9.17, 15) is 4.79 Å². The first-order valence-electron chi connectivity index (χ1n) is 8.05. The molecule has 0 radical (unpaired) electrons. The summed E-state index contributed by atoms with van der Waals surface area (Å²) in [6.07, 6.45) is 0.841. The van der Waals surface area contributed by atoms with Crippen LogP contribution in [-0.4, -0.2) is 13.0 Å². The van der Waals surface area contributed by atoms with Crippen molar-refractivity contribution < 1.29 is 9.53 Å². The SMILES string of the molecule is COc1cccc(CNC(=O)C(CC(C)C)c2ccccc2)c1. The molecule has 0 fully saturated rings. The van der Waals surface area contributed by atoms with Crippen molar-refractivity contribution in [2.75, 3.05) is 7.11 Å². The number of hydrogen-bond donors (Lipinski definition) is 1. The van der Waals surface area contributed by atoms with Crippen LogP contribution in [0.3, 0.4) is 0 Å². The van der Waals surface area contributed by atoms with Crippen molar-refractivity contribution in [3.8, 4) is 5.75 Å². The normalized spacial score (nSPS) is 12.0. The second-order valence-corrected chi connectivity index (χ2v) is 6.16. The highest BCUT2D eigenvalue weighted by Gasteiger charge is 2.21. The summed E-state index contributed by atoms with van der Waals surface area (Å²) < 4.78 is 5.22. The third-order valence-electron chi connectivity index (χ3n) is 3.83. The molecule has 2 aromatic rings. The Labute approximate surface area is 138 Å². The van der Waals surface area contributed by atoms with Gasteiger partial charge in [0.1, 0.15) is 5.75 Å². The summed E-state index contributed by atoms with van der Waals surface area (Å²) in [4.78, 5) is 12.7. The third-order valence-corrected chi connectivity index (χ3v) is 3.83. The Morgan fingerprint density at radius 2 is 1.83 bits per heavy atom. The molecule has 1 N–H and O–H groups in total. The number of amides is 1. The Hall–Kier alpha value is -2.29. The molecule has 1 atom stereocenters. The Kier molecular flexibility index (Phi) is 6.21. The van der Waals surface area contributed by atoms with Gasteiger partial charge < -0.3 is 10.1 Å². The second-order valence-electron chi connectivity index (χ2n) is 6.16. The highest BCUT2D eigenvalue weighted by Crippen LogP contribution is 2.24. The number of carbonyl (C=O) groups excluding carboxylic acids is 1. The lowest BCUT2D eigenvalue weighted by Gasteiger charge is -2.19. The number of ether oxygens (including phenoxy) is 1. The molecule has 0 aliphatic rings. The van der Waals surface area contributed by atoms with Gasteiger partial charge in [0.25, 0.3) is 0 Å². The highest BCUT2D eigenvalue weighted by atomic mass is 16.5. The minimum absolute atomic E-state index is 0.0766. The van der Waals surface area contributed by atoms with Gasteiger partial charge in [0.2, 0.25) is 5.91 Å². The molecule has 0 spiro atoms. The lowest BCUT2D eigenvalue weighted by molar-refractivity contribution is -0.123. The maximum Gasteiger partial charge on any atom is 0.227 e. The van der Waals surface area contributed by atoms with Gasteiger partial charge in [-0.1, -0.05) is 56.3 Å². The van der Waals surface area contributed by atoms with Crippen molar-refractivity contribution in [2.24, 2.45) is 5.92 Å². The molecule has 1 unspecified atom stereocenters. The van der Waals surface area contributed by atoms with Crippen molar-refractivity contribution in [3.63, 3.8) is 0 Å². The number of benzene rings is 2. The van der Waals surface area contributed by atoms with E-state index in [1.165, 1.54) is 0 Å². The molecule has 2 rings (SSSR count). The third kappa shape index (κ3) is 5.13. The van der Waals surface area contributed by atoms with Crippen molar-refractivity contribution >= 4 is 5.91 Å². The Morgan fingerprint density at radius 1 is 1.09 bits per heavy atom. The molecule has 0 saturated heterocycles. The molecule has 3 nitrogen and oxygen atoms in total. The Morgan fingerprint density at radius 3 is 2.48 bits per heavy atom. The molecule has 1 amide bonds. The summed E-state index contributed by atoms with van der Waals surface area (Å²) >= 11 is 0. The zero-order valence-corrected chi connectivity index (χ0v) is 14.1. The van der Waals surface area contributed by atoms with E-state index in [-0.39, 0.29) is 11.8 Å². The number of rotatable bonds is 7. The Balaban J connectivity index is 2.05. The molecule has 0 aliphatic carbocycles. The van der Waals surface area contributed by atoms with Crippen LogP contribution in [0.25, 0.3) is 0 Å². The smallest absolute Gasteiger partial charge is 0.227 e. The summed E-state index contributed by atoms with van der Waals surface area (Å²) in [5.74, 6) is 1.23. The van der Waals surface area contributed by atoms with Crippen LogP contribution in [0.2, 0.25) is 0 Å². The first kappa shape index (κ1) is 17.1. The van der Waals surface area contributed by atoms with Gasteiger partial charge in [0.05, 0.1) is 13.0 Å². The molecule has 3 heteroatoms. The van der Waals surface area contributed by atoms with Crippen LogP contribution in [0, 0.1) is 5.92 Å². The van der Waals surface area contributed by atoms with E-state index in [1.807, 2.05) is 54.6 Å². The molecule has 0 aliphatic heterocycles. The topological polar surface area (TPSA) is 38.3 Å². The van der Waals surface area contributed by atoms with E-state index < -0.39 is 0 Å². The number of methoxy groups -OCH3 is 1. The van der Waals surface area contributed by atoms with E-state index in [0.29, 0.717) is 12.5 Å². The fourth-order valence-corrected chi connectivity index (χ4v) is 2.65. The van der Waals surface area contributed by atoms with Crippen LogP contribution >= 0.6 is 0 Å². The van der Waals surface area contributed by atoms with Crippen LogP contribution < -0.4 is 10.1 Å². The first-order valence-corrected chi connectivity index (χ1v) is 8.05. The summed E-state index contributed by atoms with van der Waals surface area (Å²) in [6.45, 7) is 4.80. The quantitative estimate of drug-likeness (QED) is 0.834. The van der Waals surface area contributed by atoms with E-state index in [0.717, 1.165) is 23.3 Å². The fraction of sp³-hybridized carbons (Fsp3) is 0.350. The molecular weight excluding hydrogens is 286 g/mol. The van der Waals surface area contributed by atoms with Crippen LogP contribution in [-0.2, 0) is 11.3 Å². The fourth-order valence-electron chi connectivity index (χ4n) is 2.65. The second kappa shape index (κ2) is 8.37. The average Bonchev–Trinajstić information content (AvgIpc) is 2.58. The van der Waals surface area contributed by atoms with Crippen LogP contribution in [0.5, 0.6) is 5.75 Å². The summed E-state index contributed by atoms with van der Waals surface area (Å²) in [5.41, 5.74) is 2.11. The maximum absolute atomic E-state index is 12.7. The Bertz CT molecular complexity index is 623. The van der Waals surface area contributed by atoms with E-state index in [4.69, 9.17) is 4.74 Å². The van der Waals surface area contributed by atoms with Gasteiger partial charge in [-0.2, -0.15) is 0 Å². The molecular formula is C20H25NO2. The first-order chi connectivity index (χ1) is 11.1. The van der Waals surface area contributed by atoms with Gasteiger partial charge in [-0.3, -0.25) is 4.79 Å². The standard InChI is InChI=1S/C20H25NO2/c1-15(2)12-19(17-9-5-4-6-10-17)20(22)21-14-16-8-7-11-18(13-16)23-3/h4-11,13,15,19H,12,14H2,1-3H3,(H,21,22). The number of nitrogens with one attached hydrogen (secondary N) is 1. The van der Waals surface area contributed by atoms with Crippen molar-refractivity contribution in [3.05, 3.63) is 65.7 Å². The van der Waals surface area contributed by atoms with Gasteiger partial charge in [-0.05, 0) is 35.6 Å². The van der Waals surface area contributed by atoms with Gasteiger partial charge in [-0.25, -0.2) is 0 Å². The molecule has 2 aromatic carbocycles. The van der Waals surface area contributed by atoms with Crippen LogP contribution in [0.15, 0.2) is 54.6 Å². The van der Waals surface area contributed by atoms with Crippen LogP contribution in [0.1, 0.15) is 37.3 Å². The molecule has 0 saturated carbocycles. The summed E-state index contributed by atoms with van der Waals surface area (Å²) in [7, 11) is 1.64. The molecule has 122 valence electrons. The largest absolute Gasteiger partial charge is 0.497 e. The predicted molar refractivity (Wildman–Crippen MR) is 93.5 cm³/mol. The van der Waals surface area contributed by atoms with E-state index in [2.05, 4.69) is 19.2 Å². The van der Waals surface area contributed by atoms with Crippen molar-refractivity contribution in [2.45, 2.75) is 32.7 Å². The zero-order chi connectivity index (χ0) is 16.7. The van der Waals surface area contributed by atoms with E-state index >= 15 is 0 Å². The molecule has 0 heterocycles. The van der Waals surface area contributed by atoms with Gasteiger partial charge in [0, 0.05) is 6.54 Å². The lowest BCUT2D eigenvalue weighted by Crippen LogP contribution is -2.29. The minimum Gasteiger partial charge on any atom is -0.497 e. The van der Waals surface area contributed by atoms with Crippen molar-refractivity contribution in [1.82, 2.24) is 5.32 Å². The average molecular weight is 311 g/mol. The lowest BCUT2D eigenvalue weighted by atomic mass is 9.89. The van der Waals surface area contributed by atoms with Gasteiger partial charge in [0.15, 0.2) is 0 Å². The maximum atomic E-state index is 12.7. The number of hydrogen-bond acceptors (Lipinski definition) is 2. The van der Waals surface area contributed by atoms with Gasteiger partial charge in [-0.15, -0.1) is 0 Å². The monoisotopic (exact) mass is 311 g/mol. The molecule has 0 bridgehead atoms. The van der Waals surface area contributed by atoms with Crippen LogP contribution in [0.4, 0.5) is 0 Å². The van der Waals surface area contributed by atoms with Gasteiger partial charge >= 0.3 is 0 Å². The number of carbonyl (C=O) groups is 1. The highest BCUT2D eigenvalue weighted by molar-refractivity contribution is 5.83. The summed E-state index contributed by atoms with van der Waals surface area (Å²) in [6, 6.07) is 17.8. The zero-order valence-electron chi connectivity index (χ0n) is 14.1. The predicted octanol–water partition coefficient (Wildman–Crippen LogP) is 4.14. The molecule has 23 heavy (non-hydrogen) atoms. The molecule has 0 aromatic heterocycles. The minimum atomic E-state index is -0.109. The summed E-state index contributed by atoms with van der Waals surface area (Å²) in [5, 5.41) is 3.06. The van der Waals surface area contributed by atoms with E-state index in [1.54, 1.807) is 7.11 Å².